The molecule has 0 bridgehead atoms. The van der Waals surface area contributed by atoms with Gasteiger partial charge in [-0.15, -0.1) is 0 Å². The minimum Gasteiger partial charge on any atom is -0.370 e. The molecule has 1 atom stereocenters. The molecular weight excluding hydrogens is 118 g/mol. The molecule has 0 aromatic heterocycles. The van der Waals surface area contributed by atoms with Crippen molar-refractivity contribution < 1.29 is 5.11 Å². The minimum atomic E-state index is -0.607. The summed E-state index contributed by atoms with van der Waals surface area (Å²) >= 11 is 0. The standard InChI is InChI=1S/C5H9N3O/c1-6-5-7-3-2-4(9)8-5/h2-4,9H,1H3,(H2,6,7,8). The second-order valence-corrected chi connectivity index (χ2v) is 1.66. The molecule has 0 spiro atoms. The van der Waals surface area contributed by atoms with Gasteiger partial charge in [0.25, 0.3) is 0 Å². The number of aliphatic imine (C=N–C) groups is 1. The Labute approximate surface area is 53.3 Å². The van der Waals surface area contributed by atoms with Crippen LogP contribution in [0.1, 0.15) is 0 Å². The fourth-order valence-corrected chi connectivity index (χ4v) is 0.577. The summed E-state index contributed by atoms with van der Waals surface area (Å²) in [4.78, 5) is 3.78. The van der Waals surface area contributed by atoms with Crippen LogP contribution in [0.3, 0.4) is 0 Å². The lowest BCUT2D eigenvalue weighted by Crippen LogP contribution is -2.43. The van der Waals surface area contributed by atoms with Crippen LogP contribution in [-0.2, 0) is 0 Å². The number of nitrogens with zero attached hydrogens (tertiary/aromatic N) is 1. The van der Waals surface area contributed by atoms with Crippen LogP contribution in [0, 0.1) is 0 Å². The smallest absolute Gasteiger partial charge is 0.197 e. The molecule has 9 heavy (non-hydrogen) atoms. The summed E-state index contributed by atoms with van der Waals surface area (Å²) in [6, 6.07) is 0. The van der Waals surface area contributed by atoms with Gasteiger partial charge in [-0.05, 0) is 6.08 Å². The molecule has 0 aromatic rings. The maximum Gasteiger partial charge on any atom is 0.197 e. The monoisotopic (exact) mass is 127 g/mol. The summed E-state index contributed by atoms with van der Waals surface area (Å²) in [6.07, 6.45) is 2.63. The first-order chi connectivity index (χ1) is 4.33. The third-order valence-corrected chi connectivity index (χ3v) is 1.01. The molecule has 0 radical (unpaired) electrons. The predicted molar refractivity (Wildman–Crippen MR) is 34.8 cm³/mol. The lowest BCUT2D eigenvalue weighted by molar-refractivity contribution is 0.204. The van der Waals surface area contributed by atoms with Gasteiger partial charge in [0.05, 0.1) is 0 Å². The Hall–Kier alpha value is -1.03. The quantitative estimate of drug-likeness (QED) is 0.391. The molecule has 50 valence electrons. The van der Waals surface area contributed by atoms with E-state index >= 15 is 0 Å². The Morgan fingerprint density at radius 3 is 3.00 bits per heavy atom. The van der Waals surface area contributed by atoms with Gasteiger partial charge >= 0.3 is 0 Å². The number of guanidine groups is 1. The van der Waals surface area contributed by atoms with Crippen molar-refractivity contribution in [3.05, 3.63) is 12.3 Å². The van der Waals surface area contributed by atoms with E-state index in [1.165, 1.54) is 0 Å². The van der Waals surface area contributed by atoms with E-state index in [1.54, 1.807) is 19.3 Å². The van der Waals surface area contributed by atoms with Crippen LogP contribution in [0.5, 0.6) is 0 Å². The molecule has 4 nitrogen and oxygen atoms in total. The molecule has 1 heterocycles. The van der Waals surface area contributed by atoms with Crippen LogP contribution in [0.4, 0.5) is 0 Å². The first kappa shape index (κ1) is 6.10. The molecule has 0 saturated heterocycles. The number of rotatable bonds is 0. The zero-order valence-electron chi connectivity index (χ0n) is 5.13. The van der Waals surface area contributed by atoms with E-state index < -0.39 is 6.23 Å². The molecule has 1 unspecified atom stereocenters. The van der Waals surface area contributed by atoms with Crippen LogP contribution in [-0.4, -0.2) is 24.3 Å². The molecule has 0 amide bonds. The lowest BCUT2D eigenvalue weighted by Gasteiger charge is -2.16. The van der Waals surface area contributed by atoms with E-state index in [1.807, 2.05) is 0 Å². The van der Waals surface area contributed by atoms with Crippen molar-refractivity contribution in [1.82, 2.24) is 10.6 Å². The summed E-state index contributed by atoms with van der Waals surface area (Å²) in [5.41, 5.74) is 0. The Bertz CT molecular complexity index is 152. The fourth-order valence-electron chi connectivity index (χ4n) is 0.577. The third kappa shape index (κ3) is 1.43. The highest BCUT2D eigenvalue weighted by molar-refractivity contribution is 5.81. The van der Waals surface area contributed by atoms with E-state index in [0.717, 1.165) is 0 Å². The largest absolute Gasteiger partial charge is 0.370 e. The molecule has 3 N–H and O–H groups in total. The third-order valence-electron chi connectivity index (χ3n) is 1.01. The van der Waals surface area contributed by atoms with E-state index in [4.69, 9.17) is 5.11 Å². The topological polar surface area (TPSA) is 56.7 Å². The van der Waals surface area contributed by atoms with Crippen molar-refractivity contribution in [2.45, 2.75) is 6.23 Å². The number of hydrogen-bond donors (Lipinski definition) is 3. The highest BCUT2D eigenvalue weighted by atomic mass is 16.3. The predicted octanol–water partition coefficient (Wildman–Crippen LogP) is -1.00. The first-order valence-corrected chi connectivity index (χ1v) is 2.67. The van der Waals surface area contributed by atoms with Gasteiger partial charge in [0.1, 0.15) is 6.23 Å². The van der Waals surface area contributed by atoms with Crippen LogP contribution in [0.15, 0.2) is 17.3 Å². The summed E-state index contributed by atoms with van der Waals surface area (Å²) in [6.45, 7) is 0. The normalized spacial score (nSPS) is 29.6. The van der Waals surface area contributed by atoms with E-state index in [2.05, 4.69) is 15.6 Å². The number of aliphatic hydroxyl groups is 1. The van der Waals surface area contributed by atoms with E-state index in [9.17, 15) is 0 Å². The second kappa shape index (κ2) is 2.50. The first-order valence-electron chi connectivity index (χ1n) is 2.67. The summed E-state index contributed by atoms with van der Waals surface area (Å²) < 4.78 is 0. The van der Waals surface area contributed by atoms with E-state index in [-0.39, 0.29) is 0 Å². The van der Waals surface area contributed by atoms with Gasteiger partial charge in [0, 0.05) is 13.2 Å². The van der Waals surface area contributed by atoms with Gasteiger partial charge in [-0.25, -0.2) is 0 Å². The van der Waals surface area contributed by atoms with Crippen molar-refractivity contribution in [3.63, 3.8) is 0 Å². The zero-order chi connectivity index (χ0) is 6.69. The molecule has 1 rings (SSSR count). The maximum absolute atomic E-state index is 8.89. The number of aliphatic hydroxyl groups excluding tert-OH is 1. The van der Waals surface area contributed by atoms with Gasteiger partial charge in [-0.1, -0.05) is 0 Å². The molecular formula is C5H9N3O. The zero-order valence-corrected chi connectivity index (χ0v) is 5.13. The van der Waals surface area contributed by atoms with Crippen molar-refractivity contribution in [2.75, 3.05) is 7.05 Å². The molecule has 1 aliphatic rings. The molecule has 0 aliphatic carbocycles. The Kier molecular flexibility index (Phi) is 1.69. The Balaban J connectivity index is 2.58. The van der Waals surface area contributed by atoms with Gasteiger partial charge in [0.2, 0.25) is 0 Å². The molecule has 1 aliphatic heterocycles. The van der Waals surface area contributed by atoms with Crippen LogP contribution in [0.25, 0.3) is 0 Å². The van der Waals surface area contributed by atoms with Crippen molar-refractivity contribution in [2.24, 2.45) is 4.99 Å². The lowest BCUT2D eigenvalue weighted by atomic mass is 10.5. The number of nitrogens with one attached hydrogen (secondary N) is 2. The van der Waals surface area contributed by atoms with Crippen molar-refractivity contribution in [1.29, 1.82) is 0 Å². The SMILES string of the molecule is CN=C1NC=CC(O)N1. The van der Waals surface area contributed by atoms with Crippen molar-refractivity contribution in [3.8, 4) is 0 Å². The second-order valence-electron chi connectivity index (χ2n) is 1.66. The molecule has 0 fully saturated rings. The molecule has 0 saturated carbocycles. The van der Waals surface area contributed by atoms with E-state index in [0.29, 0.717) is 5.96 Å². The molecule has 0 aromatic carbocycles. The average molecular weight is 127 g/mol. The molecule has 4 heteroatoms. The average Bonchev–Trinajstić information content (AvgIpc) is 1.88. The van der Waals surface area contributed by atoms with Crippen LogP contribution in [0.2, 0.25) is 0 Å². The maximum atomic E-state index is 8.89. The summed E-state index contributed by atoms with van der Waals surface area (Å²) in [5, 5.41) is 14.4. The van der Waals surface area contributed by atoms with Gasteiger partial charge in [-0.3, -0.25) is 4.99 Å². The van der Waals surface area contributed by atoms with Gasteiger partial charge in [0.15, 0.2) is 5.96 Å². The van der Waals surface area contributed by atoms with Crippen LogP contribution < -0.4 is 10.6 Å². The Morgan fingerprint density at radius 1 is 1.78 bits per heavy atom. The van der Waals surface area contributed by atoms with Gasteiger partial charge in [-0.2, -0.15) is 0 Å². The van der Waals surface area contributed by atoms with Crippen molar-refractivity contribution >= 4 is 5.96 Å². The highest BCUT2D eigenvalue weighted by Crippen LogP contribution is 1.85. The number of hydrogen-bond acceptors (Lipinski definition) is 2. The summed E-state index contributed by atoms with van der Waals surface area (Å²) in [7, 11) is 1.64. The fraction of sp³-hybridized carbons (Fsp3) is 0.400. The minimum absolute atomic E-state index is 0.588. The summed E-state index contributed by atoms with van der Waals surface area (Å²) in [5.74, 6) is 0.588. The van der Waals surface area contributed by atoms with Crippen LogP contribution >= 0.6 is 0 Å². The Morgan fingerprint density at radius 2 is 2.56 bits per heavy atom. The highest BCUT2D eigenvalue weighted by Gasteiger charge is 2.04. The van der Waals surface area contributed by atoms with Gasteiger partial charge < -0.3 is 15.7 Å².